The average molecular weight is 195 g/mol. The fourth-order valence-corrected chi connectivity index (χ4v) is 0. The zero-order valence-electron chi connectivity index (χ0n) is 4.84. The summed E-state index contributed by atoms with van der Waals surface area (Å²) in [6.07, 6.45) is 0.875. The topological polar surface area (TPSA) is 54.4 Å². The van der Waals surface area contributed by atoms with E-state index in [0.29, 0.717) is 6.61 Å². The van der Waals surface area contributed by atoms with Gasteiger partial charge in [0.05, 0.1) is 0 Å². The van der Waals surface area contributed by atoms with Crippen LogP contribution < -0.4 is 0 Å². The summed E-state index contributed by atoms with van der Waals surface area (Å²) in [7, 11) is 4.81. The molecule has 0 aromatic carbocycles. The van der Waals surface area contributed by atoms with Gasteiger partial charge in [-0.1, -0.05) is 6.92 Å². The van der Waals surface area contributed by atoms with Crippen LogP contribution in [-0.4, -0.2) is 20.1 Å². The van der Waals surface area contributed by atoms with E-state index < -0.39 is 8.26 Å². The predicted octanol–water partition coefficient (Wildman–Crippen LogP) is 1.10. The van der Waals surface area contributed by atoms with Crippen LogP contribution >= 0.6 is 21.4 Å². The zero-order valence-corrected chi connectivity index (χ0v) is 7.17. The molecule has 0 rings (SSSR count). The Labute approximate surface area is 63.5 Å². The quantitative estimate of drug-likeness (QED) is 0.637. The molecule has 0 aromatic rings. The molecule has 0 spiro atoms. The summed E-state index contributed by atoms with van der Waals surface area (Å²) in [5, 5.41) is 7.88. The Bertz CT molecular complexity index is 120. The molecule has 58 valence electrons. The Kier molecular flexibility index (Phi) is 8.95. The second kappa shape index (κ2) is 6.61. The van der Waals surface area contributed by atoms with E-state index >= 15 is 0 Å². The van der Waals surface area contributed by atoms with E-state index in [0.717, 1.165) is 6.42 Å². The van der Waals surface area contributed by atoms with Crippen LogP contribution in [0.4, 0.5) is 0 Å². The Morgan fingerprint density at radius 3 is 1.56 bits per heavy atom. The Balaban J connectivity index is 0. The summed E-state index contributed by atoms with van der Waals surface area (Å²) in [6.45, 7) is 2.25. The van der Waals surface area contributed by atoms with Gasteiger partial charge in [0.1, 0.15) is 0 Å². The van der Waals surface area contributed by atoms with Crippen molar-refractivity contribution in [3.8, 4) is 0 Å². The third-order valence-electron chi connectivity index (χ3n) is 0.224. The second-order valence-corrected chi connectivity index (χ2v) is 4.77. The van der Waals surface area contributed by atoms with E-state index in [1.54, 1.807) is 0 Å². The molecule has 0 atom stereocenters. The minimum absolute atomic E-state index is 0.319. The van der Waals surface area contributed by atoms with Crippen molar-refractivity contribution in [2.75, 3.05) is 6.61 Å². The highest BCUT2D eigenvalue weighted by Gasteiger charge is 1.88. The molecule has 9 heavy (non-hydrogen) atoms. The molecule has 0 aliphatic rings. The number of rotatable bonds is 1. The number of aliphatic hydroxyl groups is 1. The lowest BCUT2D eigenvalue weighted by atomic mass is 10.5. The molecule has 0 aromatic heterocycles. The third-order valence-corrected chi connectivity index (χ3v) is 0.224. The standard InChI is InChI=1S/C3H8O.Cl2O2S/c1-2-3-4;1-5(2,3)4/h4H,2-3H2,1H3;. The highest BCUT2D eigenvalue weighted by Crippen LogP contribution is 1.98. The normalized spacial score (nSPS) is 9.78. The lowest BCUT2D eigenvalue weighted by molar-refractivity contribution is 0.295. The summed E-state index contributed by atoms with van der Waals surface area (Å²) in [4.78, 5) is 0. The van der Waals surface area contributed by atoms with Gasteiger partial charge in [0.2, 0.25) is 0 Å². The van der Waals surface area contributed by atoms with E-state index in [1.165, 1.54) is 0 Å². The molecule has 0 fully saturated rings. The van der Waals surface area contributed by atoms with Crippen molar-refractivity contribution < 1.29 is 13.5 Å². The number of aliphatic hydroxyl groups excluding tert-OH is 1. The molecule has 0 aliphatic heterocycles. The first-order valence-electron chi connectivity index (χ1n) is 2.17. The van der Waals surface area contributed by atoms with Gasteiger partial charge in [0.25, 0.3) is 0 Å². The molecule has 1 N–H and O–H groups in total. The maximum Gasteiger partial charge on any atom is 0.317 e. The monoisotopic (exact) mass is 194 g/mol. The summed E-state index contributed by atoms with van der Waals surface area (Å²) in [5.74, 6) is 0. The van der Waals surface area contributed by atoms with Crippen LogP contribution in [0.2, 0.25) is 0 Å². The largest absolute Gasteiger partial charge is 0.396 e. The first-order valence-corrected chi connectivity index (χ1v) is 5.30. The summed E-state index contributed by atoms with van der Waals surface area (Å²) >= 11 is 0. The third kappa shape index (κ3) is 161. The highest BCUT2D eigenvalue weighted by atomic mass is 36.0. The maximum atomic E-state index is 9.16. The molecule has 0 saturated heterocycles. The van der Waals surface area contributed by atoms with E-state index in [1.807, 2.05) is 6.92 Å². The van der Waals surface area contributed by atoms with E-state index in [2.05, 4.69) is 21.4 Å². The van der Waals surface area contributed by atoms with Crippen molar-refractivity contribution in [2.24, 2.45) is 0 Å². The van der Waals surface area contributed by atoms with Gasteiger partial charge in [-0.25, -0.2) is 0 Å². The van der Waals surface area contributed by atoms with Crippen molar-refractivity contribution in [3.63, 3.8) is 0 Å². The van der Waals surface area contributed by atoms with Gasteiger partial charge in [-0.3, -0.25) is 0 Å². The second-order valence-electron chi connectivity index (χ2n) is 1.10. The minimum Gasteiger partial charge on any atom is -0.396 e. The Morgan fingerprint density at radius 2 is 1.56 bits per heavy atom. The lowest BCUT2D eigenvalue weighted by Crippen LogP contribution is -1.69. The van der Waals surface area contributed by atoms with Crippen LogP contribution in [-0.2, 0) is 8.26 Å². The molecule has 3 nitrogen and oxygen atoms in total. The molecule has 0 saturated carbocycles. The van der Waals surface area contributed by atoms with Crippen LogP contribution in [0.1, 0.15) is 13.3 Å². The van der Waals surface area contributed by atoms with Gasteiger partial charge in [0, 0.05) is 28.0 Å². The fourth-order valence-electron chi connectivity index (χ4n) is 0. The zero-order chi connectivity index (χ0) is 7.91. The molecular formula is C3H8Cl2O3S. The Hall–Kier alpha value is 0.490. The summed E-state index contributed by atoms with van der Waals surface area (Å²) < 4.78 is 18.3. The molecule has 0 heterocycles. The van der Waals surface area contributed by atoms with Crippen molar-refractivity contribution in [3.05, 3.63) is 0 Å². The van der Waals surface area contributed by atoms with Crippen molar-refractivity contribution in [2.45, 2.75) is 13.3 Å². The van der Waals surface area contributed by atoms with E-state index in [-0.39, 0.29) is 0 Å². The summed E-state index contributed by atoms with van der Waals surface area (Å²) in [5.41, 5.74) is 0. The molecular weight excluding hydrogens is 187 g/mol. The van der Waals surface area contributed by atoms with Gasteiger partial charge >= 0.3 is 8.26 Å². The van der Waals surface area contributed by atoms with Gasteiger partial charge in [0.15, 0.2) is 0 Å². The number of hydrogen-bond acceptors (Lipinski definition) is 3. The fraction of sp³-hybridized carbons (Fsp3) is 1.00. The van der Waals surface area contributed by atoms with Crippen LogP contribution in [0.5, 0.6) is 0 Å². The molecule has 0 bridgehead atoms. The lowest BCUT2D eigenvalue weighted by Gasteiger charge is -1.69. The van der Waals surface area contributed by atoms with Crippen molar-refractivity contribution in [1.29, 1.82) is 0 Å². The first kappa shape index (κ1) is 12.2. The smallest absolute Gasteiger partial charge is 0.317 e. The van der Waals surface area contributed by atoms with E-state index in [9.17, 15) is 0 Å². The number of halogens is 2. The summed E-state index contributed by atoms with van der Waals surface area (Å²) in [6, 6.07) is 0. The molecule has 0 radical (unpaired) electrons. The molecule has 0 aliphatic carbocycles. The molecule has 0 amide bonds. The van der Waals surface area contributed by atoms with Crippen LogP contribution in [0, 0.1) is 0 Å². The SMILES string of the molecule is CCCO.O=S(=O)(Cl)Cl. The van der Waals surface area contributed by atoms with Crippen LogP contribution in [0.15, 0.2) is 0 Å². The molecule has 6 heteroatoms. The molecule has 0 unspecified atom stereocenters. The maximum absolute atomic E-state index is 9.16. The first-order chi connectivity index (χ1) is 3.91. The van der Waals surface area contributed by atoms with Crippen molar-refractivity contribution >= 4 is 29.6 Å². The van der Waals surface area contributed by atoms with Gasteiger partial charge < -0.3 is 5.11 Å². The van der Waals surface area contributed by atoms with Crippen molar-refractivity contribution in [1.82, 2.24) is 0 Å². The predicted molar refractivity (Wildman–Crippen MR) is 38.0 cm³/mol. The van der Waals surface area contributed by atoms with Gasteiger partial charge in [-0.2, -0.15) is 8.42 Å². The van der Waals surface area contributed by atoms with E-state index in [4.69, 9.17) is 13.5 Å². The van der Waals surface area contributed by atoms with Gasteiger partial charge in [-0.15, -0.1) is 0 Å². The Morgan fingerprint density at radius 1 is 1.44 bits per heavy atom. The van der Waals surface area contributed by atoms with Crippen LogP contribution in [0.3, 0.4) is 0 Å². The highest BCUT2D eigenvalue weighted by molar-refractivity contribution is 8.31. The average Bonchev–Trinajstić information content (AvgIpc) is 1.61. The minimum atomic E-state index is -3.72. The van der Waals surface area contributed by atoms with Crippen LogP contribution in [0.25, 0.3) is 0 Å². The number of hydrogen-bond donors (Lipinski definition) is 1. The van der Waals surface area contributed by atoms with Gasteiger partial charge in [-0.05, 0) is 6.42 Å².